The van der Waals surface area contributed by atoms with Gasteiger partial charge in [-0.1, -0.05) is 18.0 Å². The summed E-state index contributed by atoms with van der Waals surface area (Å²) < 4.78 is 5.12. The van der Waals surface area contributed by atoms with Crippen molar-refractivity contribution in [2.24, 2.45) is 5.92 Å². The molecule has 2 aliphatic rings. The van der Waals surface area contributed by atoms with Gasteiger partial charge in [-0.15, -0.1) is 0 Å². The van der Waals surface area contributed by atoms with Gasteiger partial charge in [-0.05, 0) is 12.8 Å². The second-order valence-electron chi connectivity index (χ2n) is 4.77. The summed E-state index contributed by atoms with van der Waals surface area (Å²) in [6.07, 6.45) is 7.13. The fraction of sp³-hybridized carbons (Fsp3) is 0.667. The van der Waals surface area contributed by atoms with Crippen LogP contribution in [0.15, 0.2) is 10.7 Å². The second-order valence-corrected chi connectivity index (χ2v) is 4.77. The topological polar surface area (TPSA) is 46.3 Å². The minimum absolute atomic E-state index is 0.279. The van der Waals surface area contributed by atoms with Gasteiger partial charge in [0.1, 0.15) is 5.76 Å². The number of rotatable bonds is 1. The van der Waals surface area contributed by atoms with E-state index in [2.05, 4.69) is 5.16 Å². The molecule has 0 aromatic carbocycles. The summed E-state index contributed by atoms with van der Waals surface area (Å²) in [5.74, 6) is 1.57. The van der Waals surface area contributed by atoms with E-state index in [1.807, 2.05) is 4.90 Å². The number of hydrogen-bond acceptors (Lipinski definition) is 3. The molecule has 16 heavy (non-hydrogen) atoms. The first-order chi connectivity index (χ1) is 7.84. The summed E-state index contributed by atoms with van der Waals surface area (Å²) in [5, 5.41) is 3.78. The highest BCUT2D eigenvalue weighted by Crippen LogP contribution is 2.28. The Morgan fingerprint density at radius 3 is 3.06 bits per heavy atom. The van der Waals surface area contributed by atoms with Crippen molar-refractivity contribution in [2.75, 3.05) is 6.54 Å². The number of aromatic nitrogens is 1. The SMILES string of the molecule is O=C(C1CCCC1)N1CCc2oncc2C1. The minimum atomic E-state index is 0.279. The molecule has 4 heteroatoms. The van der Waals surface area contributed by atoms with Crippen LogP contribution in [0.2, 0.25) is 0 Å². The van der Waals surface area contributed by atoms with Gasteiger partial charge in [-0.3, -0.25) is 4.79 Å². The van der Waals surface area contributed by atoms with Crippen LogP contribution in [0.4, 0.5) is 0 Å². The first-order valence-corrected chi connectivity index (χ1v) is 6.06. The maximum Gasteiger partial charge on any atom is 0.225 e. The van der Waals surface area contributed by atoms with Crippen LogP contribution in [-0.4, -0.2) is 22.5 Å². The van der Waals surface area contributed by atoms with Gasteiger partial charge in [0, 0.05) is 24.4 Å². The zero-order valence-corrected chi connectivity index (χ0v) is 9.32. The zero-order valence-electron chi connectivity index (χ0n) is 9.32. The molecule has 0 saturated heterocycles. The second kappa shape index (κ2) is 3.92. The van der Waals surface area contributed by atoms with Crippen LogP contribution in [0.25, 0.3) is 0 Å². The molecule has 4 nitrogen and oxygen atoms in total. The van der Waals surface area contributed by atoms with E-state index in [0.29, 0.717) is 12.5 Å². The van der Waals surface area contributed by atoms with Crippen molar-refractivity contribution in [3.63, 3.8) is 0 Å². The monoisotopic (exact) mass is 220 g/mol. The van der Waals surface area contributed by atoms with Crippen molar-refractivity contribution in [1.29, 1.82) is 0 Å². The number of carbonyl (C=O) groups excluding carboxylic acids is 1. The van der Waals surface area contributed by atoms with Gasteiger partial charge in [0.2, 0.25) is 5.91 Å². The molecule has 1 aliphatic heterocycles. The molecule has 1 amide bonds. The maximum absolute atomic E-state index is 12.2. The van der Waals surface area contributed by atoms with Crippen LogP contribution >= 0.6 is 0 Å². The van der Waals surface area contributed by atoms with Crippen molar-refractivity contribution in [2.45, 2.75) is 38.6 Å². The molecule has 0 atom stereocenters. The Bertz CT molecular complexity index is 393. The van der Waals surface area contributed by atoms with Gasteiger partial charge in [0.25, 0.3) is 0 Å². The number of nitrogens with zero attached hydrogens (tertiary/aromatic N) is 2. The van der Waals surface area contributed by atoms with Gasteiger partial charge in [0.15, 0.2) is 0 Å². The third-order valence-electron chi connectivity index (χ3n) is 3.72. The third kappa shape index (κ3) is 1.62. The maximum atomic E-state index is 12.2. The standard InChI is InChI=1S/C12H16N2O2/c15-12(9-3-1-2-4-9)14-6-5-11-10(8-14)7-13-16-11/h7,9H,1-6,8H2. The summed E-state index contributed by atoms with van der Waals surface area (Å²) in [6, 6.07) is 0. The lowest BCUT2D eigenvalue weighted by Gasteiger charge is -2.28. The van der Waals surface area contributed by atoms with E-state index in [1.54, 1.807) is 6.20 Å². The molecule has 1 aliphatic carbocycles. The average molecular weight is 220 g/mol. The number of fused-ring (bicyclic) bond motifs is 1. The molecule has 1 aromatic rings. The lowest BCUT2D eigenvalue weighted by molar-refractivity contribution is -0.136. The summed E-state index contributed by atoms with van der Waals surface area (Å²) >= 11 is 0. The van der Waals surface area contributed by atoms with Crippen LogP contribution < -0.4 is 0 Å². The Kier molecular flexibility index (Phi) is 2.42. The van der Waals surface area contributed by atoms with Crippen molar-refractivity contribution in [1.82, 2.24) is 10.1 Å². The van der Waals surface area contributed by atoms with E-state index in [9.17, 15) is 4.79 Å². The highest BCUT2D eigenvalue weighted by atomic mass is 16.5. The molecule has 0 spiro atoms. The first kappa shape index (κ1) is 9.87. The Balaban J connectivity index is 1.71. The number of carbonyl (C=O) groups is 1. The zero-order chi connectivity index (χ0) is 11.0. The molecule has 86 valence electrons. The van der Waals surface area contributed by atoms with E-state index < -0.39 is 0 Å². The molecule has 2 heterocycles. The fourth-order valence-corrected chi connectivity index (χ4v) is 2.76. The van der Waals surface area contributed by atoms with Gasteiger partial charge in [0.05, 0.1) is 12.7 Å². The summed E-state index contributed by atoms with van der Waals surface area (Å²) in [4.78, 5) is 14.2. The van der Waals surface area contributed by atoms with Crippen LogP contribution in [0.5, 0.6) is 0 Å². The molecule has 3 rings (SSSR count). The van der Waals surface area contributed by atoms with Crippen molar-refractivity contribution >= 4 is 5.91 Å². The molecule has 1 fully saturated rings. The first-order valence-electron chi connectivity index (χ1n) is 6.06. The molecule has 1 saturated carbocycles. The molecule has 0 radical (unpaired) electrons. The molecular weight excluding hydrogens is 204 g/mol. The Labute approximate surface area is 94.6 Å². The predicted molar refractivity (Wildman–Crippen MR) is 57.6 cm³/mol. The van der Waals surface area contributed by atoms with Gasteiger partial charge >= 0.3 is 0 Å². The van der Waals surface area contributed by atoms with Crippen LogP contribution in [0.3, 0.4) is 0 Å². The normalized spacial score (nSPS) is 21.1. The lowest BCUT2D eigenvalue weighted by Crippen LogP contribution is -2.38. The van der Waals surface area contributed by atoms with E-state index in [0.717, 1.165) is 37.1 Å². The minimum Gasteiger partial charge on any atom is -0.361 e. The van der Waals surface area contributed by atoms with Crippen LogP contribution in [-0.2, 0) is 17.8 Å². The van der Waals surface area contributed by atoms with Gasteiger partial charge in [-0.25, -0.2) is 0 Å². The van der Waals surface area contributed by atoms with Crippen molar-refractivity contribution in [3.05, 3.63) is 17.5 Å². The van der Waals surface area contributed by atoms with E-state index in [1.165, 1.54) is 12.8 Å². The highest BCUT2D eigenvalue weighted by molar-refractivity contribution is 5.79. The van der Waals surface area contributed by atoms with E-state index in [-0.39, 0.29) is 5.92 Å². The van der Waals surface area contributed by atoms with Crippen molar-refractivity contribution in [3.8, 4) is 0 Å². The third-order valence-corrected chi connectivity index (χ3v) is 3.72. The largest absolute Gasteiger partial charge is 0.361 e. The van der Waals surface area contributed by atoms with Crippen LogP contribution in [0.1, 0.15) is 37.0 Å². The average Bonchev–Trinajstić information content (AvgIpc) is 2.98. The Morgan fingerprint density at radius 1 is 1.44 bits per heavy atom. The number of amides is 1. The highest BCUT2D eigenvalue weighted by Gasteiger charge is 2.30. The van der Waals surface area contributed by atoms with Gasteiger partial charge in [-0.2, -0.15) is 0 Å². The van der Waals surface area contributed by atoms with Crippen molar-refractivity contribution < 1.29 is 9.32 Å². The summed E-state index contributed by atoms with van der Waals surface area (Å²) in [5.41, 5.74) is 1.08. The summed E-state index contributed by atoms with van der Waals surface area (Å²) in [7, 11) is 0. The molecule has 0 bridgehead atoms. The quantitative estimate of drug-likeness (QED) is 0.724. The smallest absolute Gasteiger partial charge is 0.225 e. The number of hydrogen-bond donors (Lipinski definition) is 0. The molecule has 0 unspecified atom stereocenters. The van der Waals surface area contributed by atoms with Gasteiger partial charge < -0.3 is 9.42 Å². The predicted octanol–water partition coefficient (Wildman–Crippen LogP) is 1.75. The molecular formula is C12H16N2O2. The fourth-order valence-electron chi connectivity index (χ4n) is 2.76. The Hall–Kier alpha value is -1.32. The molecule has 0 N–H and O–H groups in total. The molecule has 1 aromatic heterocycles. The lowest BCUT2D eigenvalue weighted by atomic mass is 10.0. The summed E-state index contributed by atoms with van der Waals surface area (Å²) in [6.45, 7) is 1.48. The van der Waals surface area contributed by atoms with Crippen LogP contribution in [0, 0.1) is 5.92 Å². The van der Waals surface area contributed by atoms with E-state index >= 15 is 0 Å². The van der Waals surface area contributed by atoms with E-state index in [4.69, 9.17) is 4.52 Å². The Morgan fingerprint density at radius 2 is 2.25 bits per heavy atom.